The number of hydrogen-bond acceptors (Lipinski definition) is 1. The van der Waals surface area contributed by atoms with Crippen molar-refractivity contribution in [2.45, 2.75) is 0 Å². The van der Waals surface area contributed by atoms with Crippen molar-refractivity contribution in [2.75, 3.05) is 0 Å². The summed E-state index contributed by atoms with van der Waals surface area (Å²) in [7, 11) is 0. The maximum atomic E-state index is 12.5. The van der Waals surface area contributed by atoms with Crippen molar-refractivity contribution in [3.05, 3.63) is 26.5 Å². The lowest BCUT2D eigenvalue weighted by molar-refractivity contribution is 0.429. The van der Waals surface area contributed by atoms with Gasteiger partial charge in [-0.15, -0.1) is 0 Å². The van der Waals surface area contributed by atoms with E-state index in [-0.39, 0.29) is 5.75 Å². The number of halogens is 3. The fraction of sp³-hybridized carbons (Fsp3) is 0. The summed E-state index contributed by atoms with van der Waals surface area (Å²) in [6.45, 7) is 0. The van der Waals surface area contributed by atoms with Crippen molar-refractivity contribution in [1.82, 2.24) is 0 Å². The standard InChI is InChI=1S/C6H3ClFIO/c7-3-1-4(8)6(10)5(9)2-3/h1-2,10H. The van der Waals surface area contributed by atoms with Crippen LogP contribution in [0.25, 0.3) is 0 Å². The van der Waals surface area contributed by atoms with Gasteiger partial charge in [-0.3, -0.25) is 0 Å². The molecule has 1 aromatic carbocycles. The van der Waals surface area contributed by atoms with Gasteiger partial charge >= 0.3 is 0 Å². The maximum Gasteiger partial charge on any atom is 0.167 e. The van der Waals surface area contributed by atoms with Crippen LogP contribution < -0.4 is 0 Å². The molecule has 0 fully saturated rings. The Hall–Kier alpha value is -0.0300. The Balaban J connectivity index is 3.31. The summed E-state index contributed by atoms with van der Waals surface area (Å²) in [5.41, 5.74) is 0. The molecular formula is C6H3ClFIO. The molecule has 0 radical (unpaired) electrons. The molecule has 0 atom stereocenters. The van der Waals surface area contributed by atoms with Crippen molar-refractivity contribution in [3.63, 3.8) is 0 Å². The average Bonchev–Trinajstić information content (AvgIpc) is 1.82. The highest BCUT2D eigenvalue weighted by Crippen LogP contribution is 2.26. The summed E-state index contributed by atoms with van der Waals surface area (Å²) in [6, 6.07) is 2.56. The van der Waals surface area contributed by atoms with Gasteiger partial charge in [0.15, 0.2) is 11.6 Å². The van der Waals surface area contributed by atoms with E-state index in [1.165, 1.54) is 6.07 Å². The summed E-state index contributed by atoms with van der Waals surface area (Å²) in [6.07, 6.45) is 0. The van der Waals surface area contributed by atoms with E-state index in [4.69, 9.17) is 16.7 Å². The minimum absolute atomic E-state index is 0.291. The number of aromatic hydroxyl groups is 1. The van der Waals surface area contributed by atoms with E-state index in [0.717, 1.165) is 6.07 Å². The molecule has 0 aliphatic rings. The molecule has 1 rings (SSSR count). The van der Waals surface area contributed by atoms with E-state index < -0.39 is 5.82 Å². The molecule has 0 saturated heterocycles. The Morgan fingerprint density at radius 1 is 1.50 bits per heavy atom. The summed E-state index contributed by atoms with van der Waals surface area (Å²) in [5.74, 6) is -1.03. The molecule has 0 bridgehead atoms. The molecule has 10 heavy (non-hydrogen) atoms. The summed E-state index contributed by atoms with van der Waals surface area (Å²) >= 11 is 7.27. The van der Waals surface area contributed by atoms with Crippen molar-refractivity contribution >= 4 is 34.2 Å². The fourth-order valence-corrected chi connectivity index (χ4v) is 1.52. The summed E-state index contributed by atoms with van der Waals surface area (Å²) < 4.78 is 12.9. The van der Waals surface area contributed by atoms with Crippen LogP contribution in [0.5, 0.6) is 5.75 Å². The molecule has 0 aliphatic carbocycles. The van der Waals surface area contributed by atoms with Crippen molar-refractivity contribution in [2.24, 2.45) is 0 Å². The zero-order valence-electron chi connectivity index (χ0n) is 4.74. The van der Waals surface area contributed by atoms with E-state index in [1.807, 2.05) is 0 Å². The van der Waals surface area contributed by atoms with Gasteiger partial charge in [0, 0.05) is 5.02 Å². The molecule has 0 saturated carbocycles. The van der Waals surface area contributed by atoms with E-state index in [0.29, 0.717) is 8.59 Å². The highest BCUT2D eigenvalue weighted by Gasteiger charge is 2.05. The smallest absolute Gasteiger partial charge is 0.167 e. The quantitative estimate of drug-likeness (QED) is 0.720. The number of phenols is 1. The lowest BCUT2D eigenvalue weighted by Crippen LogP contribution is -1.79. The Labute approximate surface area is 76.0 Å². The van der Waals surface area contributed by atoms with Gasteiger partial charge in [0.25, 0.3) is 0 Å². The first-order valence-corrected chi connectivity index (χ1v) is 3.90. The van der Waals surface area contributed by atoms with Crippen LogP contribution in [0.15, 0.2) is 12.1 Å². The fourth-order valence-electron chi connectivity index (χ4n) is 0.535. The molecule has 0 aromatic heterocycles. The van der Waals surface area contributed by atoms with Gasteiger partial charge in [-0.05, 0) is 34.7 Å². The second-order valence-corrected chi connectivity index (χ2v) is 3.32. The second kappa shape index (κ2) is 2.92. The Morgan fingerprint density at radius 2 is 2.10 bits per heavy atom. The number of benzene rings is 1. The van der Waals surface area contributed by atoms with Gasteiger partial charge in [-0.2, -0.15) is 0 Å². The van der Waals surface area contributed by atoms with Crippen molar-refractivity contribution < 1.29 is 9.50 Å². The van der Waals surface area contributed by atoms with Crippen LogP contribution in [-0.4, -0.2) is 5.11 Å². The zero-order valence-corrected chi connectivity index (χ0v) is 7.65. The summed E-state index contributed by atoms with van der Waals surface area (Å²) in [4.78, 5) is 0. The first kappa shape index (κ1) is 8.07. The molecule has 1 aromatic rings. The second-order valence-electron chi connectivity index (χ2n) is 1.72. The van der Waals surface area contributed by atoms with E-state index in [1.54, 1.807) is 22.6 Å². The molecule has 0 spiro atoms. The molecule has 4 heteroatoms. The topological polar surface area (TPSA) is 20.2 Å². The Kier molecular flexibility index (Phi) is 2.36. The number of phenolic OH excluding ortho intramolecular Hbond substituents is 1. The van der Waals surface area contributed by atoms with Gasteiger partial charge in [0.2, 0.25) is 0 Å². The largest absolute Gasteiger partial charge is 0.504 e. The highest BCUT2D eigenvalue weighted by atomic mass is 127. The van der Waals surface area contributed by atoms with Gasteiger partial charge in [0.1, 0.15) is 0 Å². The molecular weight excluding hydrogens is 269 g/mol. The minimum atomic E-state index is -0.683. The third-order valence-electron chi connectivity index (χ3n) is 0.982. The maximum absolute atomic E-state index is 12.5. The average molecular weight is 272 g/mol. The van der Waals surface area contributed by atoms with Crippen LogP contribution in [0, 0.1) is 9.39 Å². The van der Waals surface area contributed by atoms with Gasteiger partial charge < -0.3 is 5.11 Å². The van der Waals surface area contributed by atoms with E-state index >= 15 is 0 Å². The predicted octanol–water partition coefficient (Wildman–Crippen LogP) is 2.79. The van der Waals surface area contributed by atoms with Gasteiger partial charge in [0.05, 0.1) is 3.57 Å². The number of hydrogen-bond donors (Lipinski definition) is 1. The normalized spacial score (nSPS) is 9.90. The van der Waals surface area contributed by atoms with Gasteiger partial charge in [-0.25, -0.2) is 4.39 Å². The monoisotopic (exact) mass is 272 g/mol. The molecule has 0 unspecified atom stereocenters. The third kappa shape index (κ3) is 1.52. The van der Waals surface area contributed by atoms with Crippen LogP contribution in [0.1, 0.15) is 0 Å². The molecule has 0 amide bonds. The van der Waals surface area contributed by atoms with Crippen LogP contribution >= 0.6 is 34.2 Å². The van der Waals surface area contributed by atoms with E-state index in [2.05, 4.69) is 0 Å². The van der Waals surface area contributed by atoms with Gasteiger partial charge in [-0.1, -0.05) is 11.6 Å². The van der Waals surface area contributed by atoms with Crippen LogP contribution in [0.3, 0.4) is 0 Å². The molecule has 1 N–H and O–H groups in total. The summed E-state index contributed by atoms with van der Waals surface area (Å²) in [5, 5.41) is 9.18. The lowest BCUT2D eigenvalue weighted by atomic mass is 10.3. The minimum Gasteiger partial charge on any atom is -0.504 e. The Morgan fingerprint density at radius 3 is 2.60 bits per heavy atom. The van der Waals surface area contributed by atoms with Crippen molar-refractivity contribution in [3.8, 4) is 5.75 Å². The predicted molar refractivity (Wildman–Crippen MR) is 45.8 cm³/mol. The Bertz CT molecular complexity index is 241. The van der Waals surface area contributed by atoms with Crippen LogP contribution in [0.2, 0.25) is 5.02 Å². The third-order valence-corrected chi connectivity index (χ3v) is 2.02. The SMILES string of the molecule is Oc1c(F)cc(Cl)cc1I. The zero-order chi connectivity index (χ0) is 7.72. The first-order chi connectivity index (χ1) is 4.61. The number of rotatable bonds is 0. The van der Waals surface area contributed by atoms with Crippen LogP contribution in [0.4, 0.5) is 4.39 Å². The lowest BCUT2D eigenvalue weighted by Gasteiger charge is -1.97. The molecule has 0 aliphatic heterocycles. The highest BCUT2D eigenvalue weighted by molar-refractivity contribution is 14.1. The molecule has 54 valence electrons. The van der Waals surface area contributed by atoms with Crippen molar-refractivity contribution in [1.29, 1.82) is 0 Å². The molecule has 0 heterocycles. The first-order valence-electron chi connectivity index (χ1n) is 2.45. The molecule has 1 nitrogen and oxygen atoms in total. The van der Waals surface area contributed by atoms with E-state index in [9.17, 15) is 4.39 Å². The van der Waals surface area contributed by atoms with Crippen LogP contribution in [-0.2, 0) is 0 Å².